The molecule has 9 nitrogen and oxygen atoms in total. The van der Waals surface area contributed by atoms with Crippen molar-refractivity contribution in [2.24, 2.45) is 5.92 Å². The molecule has 0 radical (unpaired) electrons. The van der Waals surface area contributed by atoms with Crippen LogP contribution in [0.3, 0.4) is 0 Å². The van der Waals surface area contributed by atoms with E-state index >= 15 is 0 Å². The summed E-state index contributed by atoms with van der Waals surface area (Å²) in [4.78, 5) is 54.1. The Morgan fingerprint density at radius 3 is 2.22 bits per heavy atom. The summed E-state index contributed by atoms with van der Waals surface area (Å²) in [6.07, 6.45) is 4.21. The summed E-state index contributed by atoms with van der Waals surface area (Å²) in [5.41, 5.74) is 12.8. The number of allylic oxidation sites excluding steroid dienone is 1. The Balaban J connectivity index is 0.00000400. The van der Waals surface area contributed by atoms with Crippen LogP contribution in [0.15, 0.2) is 23.4 Å². The van der Waals surface area contributed by atoms with E-state index < -0.39 is 17.9 Å². The van der Waals surface area contributed by atoms with E-state index in [1.807, 2.05) is 26.8 Å². The van der Waals surface area contributed by atoms with E-state index in [0.29, 0.717) is 47.4 Å². The zero-order valence-electron chi connectivity index (χ0n) is 26.8. The molecule has 0 fully saturated rings. The number of aliphatic carboxylic acids is 1. The third-order valence-electron chi connectivity index (χ3n) is 9.70. The number of rotatable bonds is 6. The molecule has 1 aliphatic carbocycles. The summed E-state index contributed by atoms with van der Waals surface area (Å²) in [7, 11) is 1.26. The molecule has 10 heteroatoms. The number of hydrogen-bond acceptors (Lipinski definition) is 4. The van der Waals surface area contributed by atoms with E-state index in [9.17, 15) is 19.5 Å². The predicted octanol–water partition coefficient (Wildman–Crippen LogP) is 4.22. The smallest absolute Gasteiger partial charge is 0.677 e. The van der Waals surface area contributed by atoms with Gasteiger partial charge in [0, 0.05) is 12.0 Å². The Labute approximate surface area is 279 Å². The van der Waals surface area contributed by atoms with Crippen molar-refractivity contribution in [3.8, 4) is 0 Å². The van der Waals surface area contributed by atoms with Crippen LogP contribution in [0.1, 0.15) is 87.8 Å². The quantitative estimate of drug-likeness (QED) is 0.247. The Hall–Kier alpha value is -3.76. The fourth-order valence-electron chi connectivity index (χ4n) is 7.23. The third-order valence-corrected chi connectivity index (χ3v) is 9.70. The van der Waals surface area contributed by atoms with Crippen LogP contribution in [0, 0.1) is 26.7 Å². The monoisotopic (exact) mass is 616 g/mol. The Kier molecular flexibility index (Phi) is 8.85. The van der Waals surface area contributed by atoms with Gasteiger partial charge < -0.3 is 30.1 Å². The molecule has 0 spiro atoms. The van der Waals surface area contributed by atoms with Crippen molar-refractivity contribution in [3.63, 3.8) is 0 Å². The number of carbonyl (C=O) groups excluding carboxylic acids is 2. The molecule has 6 rings (SSSR count). The minimum Gasteiger partial charge on any atom is -0.677 e. The van der Waals surface area contributed by atoms with Gasteiger partial charge in [0.1, 0.15) is 5.92 Å². The molecule has 3 aromatic heterocycles. The number of aromatic nitrogens is 3. The fourth-order valence-corrected chi connectivity index (χ4v) is 7.23. The van der Waals surface area contributed by atoms with Crippen LogP contribution in [-0.2, 0) is 51.2 Å². The van der Waals surface area contributed by atoms with Crippen molar-refractivity contribution in [1.29, 1.82) is 0 Å². The number of nitrogens with zero attached hydrogens (tertiary/aromatic N) is 4. The normalized spacial score (nSPS) is 18.7. The van der Waals surface area contributed by atoms with Gasteiger partial charge in [-0.3, -0.25) is 14.4 Å². The van der Waals surface area contributed by atoms with E-state index in [4.69, 9.17) is 25.0 Å². The first kappa shape index (κ1) is 32.6. The molecule has 1 unspecified atom stereocenters. The van der Waals surface area contributed by atoms with Crippen LogP contribution in [0.5, 0.6) is 0 Å². The first-order valence-electron chi connectivity index (χ1n) is 15.1. The van der Waals surface area contributed by atoms with E-state index in [0.717, 1.165) is 62.7 Å². The molecular formula is C35H36MgN4O5-2. The number of esters is 1. The number of ketones is 1. The summed E-state index contributed by atoms with van der Waals surface area (Å²) in [5.74, 6) is -3.20. The molecule has 0 amide bonds. The van der Waals surface area contributed by atoms with Gasteiger partial charge in [-0.1, -0.05) is 71.0 Å². The molecule has 5 heterocycles. The van der Waals surface area contributed by atoms with Crippen LogP contribution in [0.25, 0.3) is 17.0 Å². The predicted molar refractivity (Wildman–Crippen MR) is 171 cm³/mol. The van der Waals surface area contributed by atoms with E-state index in [-0.39, 0.29) is 47.7 Å². The minimum absolute atomic E-state index is 0. The van der Waals surface area contributed by atoms with Crippen LogP contribution in [0.2, 0.25) is 0 Å². The van der Waals surface area contributed by atoms with Gasteiger partial charge in [-0.2, -0.15) is 22.8 Å². The fraction of sp³-hybridized carbons (Fsp3) is 0.400. The largest absolute Gasteiger partial charge is 2.00 e. The van der Waals surface area contributed by atoms with Crippen molar-refractivity contribution in [2.45, 2.75) is 79.2 Å². The van der Waals surface area contributed by atoms with E-state index in [1.54, 1.807) is 0 Å². The van der Waals surface area contributed by atoms with Gasteiger partial charge in [0.2, 0.25) is 0 Å². The standard InChI is InChI=1S/C35H36N4O5.Mg/c1-8-19-15(3)22-12-24-17(5)21(10-11-28(40)41)32(38-24)30-31(35(43)44-7)34(42)29-18(6)25(39-33(29)30)14-27-20(9-2)16(4)23(37-27)13-26(19)36-22;/h8,25,31H,1,9-14H2,2-7H3,(H,40,41);/q-4;+2/t25?,31-;/m1./s1. The number of carboxylic acids is 1. The van der Waals surface area contributed by atoms with Crippen molar-refractivity contribution in [3.05, 3.63) is 96.3 Å². The maximum Gasteiger partial charge on any atom is 2.00 e. The second kappa shape index (κ2) is 12.2. The Morgan fingerprint density at radius 2 is 1.58 bits per heavy atom. The number of hydrogen-bond donors (Lipinski definition) is 1. The molecule has 2 atom stereocenters. The molecule has 45 heavy (non-hydrogen) atoms. The number of ether oxygens (including phenoxy) is 1. The third kappa shape index (κ3) is 5.12. The van der Waals surface area contributed by atoms with Gasteiger partial charge in [-0.25, -0.2) is 0 Å². The van der Waals surface area contributed by atoms with Crippen molar-refractivity contribution in [1.82, 2.24) is 15.0 Å². The summed E-state index contributed by atoms with van der Waals surface area (Å²) >= 11 is 0. The van der Waals surface area contributed by atoms with Gasteiger partial charge in [0.15, 0.2) is 5.78 Å². The summed E-state index contributed by atoms with van der Waals surface area (Å²) in [6, 6.07) is -0.328. The second-order valence-corrected chi connectivity index (χ2v) is 12.0. The Morgan fingerprint density at radius 1 is 0.956 bits per heavy atom. The minimum atomic E-state index is -1.22. The second-order valence-electron chi connectivity index (χ2n) is 12.0. The zero-order valence-corrected chi connectivity index (χ0v) is 28.2. The summed E-state index contributed by atoms with van der Waals surface area (Å²) in [5, 5.41) is 14.7. The maximum atomic E-state index is 14.0. The van der Waals surface area contributed by atoms with E-state index in [2.05, 4.69) is 20.4 Å². The van der Waals surface area contributed by atoms with Crippen LogP contribution in [-0.4, -0.2) is 59.0 Å². The molecule has 0 saturated heterocycles. The van der Waals surface area contributed by atoms with Gasteiger partial charge >= 0.3 is 35.0 Å². The molecule has 3 aromatic rings. The number of fused-ring (bicyclic) bond motifs is 8. The number of carboxylic acid groups (broad SMARTS) is 1. The average Bonchev–Trinajstić information content (AvgIpc) is 3.72. The maximum absolute atomic E-state index is 14.0. The number of carbonyl (C=O) groups is 3. The average molecular weight is 617 g/mol. The van der Waals surface area contributed by atoms with Crippen LogP contribution < -0.4 is 15.0 Å². The number of methoxy groups -OCH3 is 1. The van der Waals surface area contributed by atoms with Crippen molar-refractivity contribution < 1.29 is 24.2 Å². The first-order valence-corrected chi connectivity index (χ1v) is 15.1. The summed E-state index contributed by atoms with van der Waals surface area (Å²) in [6.45, 7) is 14.1. The van der Waals surface area contributed by atoms with Crippen molar-refractivity contribution in [2.75, 3.05) is 7.11 Å². The molecule has 2 aliphatic heterocycles. The first-order chi connectivity index (χ1) is 21.0. The molecule has 1 N–H and O–H groups in total. The van der Waals surface area contributed by atoms with Crippen LogP contribution in [0.4, 0.5) is 0 Å². The molecular weight excluding hydrogens is 581 g/mol. The molecule has 0 aromatic carbocycles. The van der Waals surface area contributed by atoms with Crippen LogP contribution >= 0.6 is 0 Å². The SMILES string of the molecule is C=Cc1c2[n-]c(c1C)Cc1[n-]c(c(CCC(=O)O)c1C)C1=C3[N-]C(Cc4[n-]c(c(C)c4CC)C2)C(C)=C3C(=O)[C@@H]1C(=O)OC.[Mg+2]. The molecule has 3 aliphatic rings. The van der Waals surface area contributed by atoms with Gasteiger partial charge in [-0.05, 0) is 58.9 Å². The van der Waals surface area contributed by atoms with Gasteiger partial charge in [0.05, 0.1) is 7.11 Å². The van der Waals surface area contributed by atoms with Crippen molar-refractivity contribution >= 4 is 52.4 Å². The zero-order chi connectivity index (χ0) is 31.6. The molecule has 230 valence electrons. The van der Waals surface area contributed by atoms with Gasteiger partial charge in [0.25, 0.3) is 0 Å². The van der Waals surface area contributed by atoms with E-state index in [1.165, 1.54) is 12.7 Å². The topological polar surface area (TPSA) is 137 Å². The molecule has 0 saturated carbocycles. The summed E-state index contributed by atoms with van der Waals surface area (Å²) < 4.78 is 5.12. The Bertz CT molecular complexity index is 1830. The molecule has 8 bridgehead atoms. The van der Waals surface area contributed by atoms with Gasteiger partial charge in [-0.15, -0.1) is 17.1 Å². The number of Topliss-reactive ketones (excluding diaryl/α,β-unsaturated/α-hetero) is 1.